The molecule has 0 amide bonds. The minimum atomic E-state index is 0.662. The van der Waals surface area contributed by atoms with Crippen molar-refractivity contribution in [2.75, 3.05) is 0 Å². The first-order chi connectivity index (χ1) is 20.7. The molecule has 8 aromatic rings. The van der Waals surface area contributed by atoms with Crippen LogP contribution >= 0.6 is 0 Å². The fraction of sp³-hybridized carbons (Fsp3) is 0. The molecule has 8 rings (SSSR count). The summed E-state index contributed by atoms with van der Waals surface area (Å²) in [6.45, 7) is 0. The lowest BCUT2D eigenvalue weighted by Crippen LogP contribution is -1.90. The summed E-state index contributed by atoms with van der Waals surface area (Å²) >= 11 is 0. The maximum absolute atomic E-state index is 9.27. The lowest BCUT2D eigenvalue weighted by atomic mass is 9.91. The monoisotopic (exact) mass is 533 g/mol. The van der Waals surface area contributed by atoms with Crippen LogP contribution in [-0.2, 0) is 0 Å². The summed E-state index contributed by atoms with van der Waals surface area (Å²) < 4.78 is 0. The summed E-state index contributed by atoms with van der Waals surface area (Å²) in [6.07, 6.45) is 1.83. The average molecular weight is 534 g/mol. The van der Waals surface area contributed by atoms with Crippen LogP contribution in [0.25, 0.3) is 76.9 Å². The summed E-state index contributed by atoms with van der Waals surface area (Å²) in [5.74, 6) is 0. The van der Waals surface area contributed by atoms with E-state index in [2.05, 4.69) is 114 Å². The number of hydrogen-bond donors (Lipinski definition) is 0. The van der Waals surface area contributed by atoms with Crippen molar-refractivity contribution >= 4 is 43.4 Å². The number of nitriles is 1. The molecule has 2 heterocycles. The van der Waals surface area contributed by atoms with Gasteiger partial charge in [0.25, 0.3) is 0 Å². The smallest absolute Gasteiger partial charge is 0.0991 e. The highest BCUT2D eigenvalue weighted by Gasteiger charge is 2.12. The molecule has 0 aliphatic carbocycles. The Balaban J connectivity index is 1.27. The maximum Gasteiger partial charge on any atom is 0.0991 e. The van der Waals surface area contributed by atoms with Crippen LogP contribution in [0.5, 0.6) is 0 Å². The van der Waals surface area contributed by atoms with E-state index < -0.39 is 0 Å². The van der Waals surface area contributed by atoms with E-state index in [0.717, 1.165) is 66.1 Å². The van der Waals surface area contributed by atoms with Gasteiger partial charge in [-0.25, -0.2) is 4.98 Å². The predicted molar refractivity (Wildman–Crippen MR) is 173 cm³/mol. The second-order valence-electron chi connectivity index (χ2n) is 10.6. The third-order valence-electron chi connectivity index (χ3n) is 8.11. The second kappa shape index (κ2) is 9.66. The van der Waals surface area contributed by atoms with Crippen molar-refractivity contribution in [3.8, 4) is 39.6 Å². The standard InChI is InChI=1S/C39H23N3/c40-24-25-10-12-26(13-11-25)36-23-32(22-30-5-1-2-8-33(30)36)29-16-18-34-31(21-29)6-3-9-35(34)37-19-17-28-15-14-27-7-4-20-41-38(27)39(28)42-37/h1-23H. The number of pyridine rings is 2. The highest BCUT2D eigenvalue weighted by Crippen LogP contribution is 2.37. The third-order valence-corrected chi connectivity index (χ3v) is 8.11. The van der Waals surface area contributed by atoms with Gasteiger partial charge < -0.3 is 0 Å². The molecule has 0 spiro atoms. The quantitative estimate of drug-likeness (QED) is 0.212. The second-order valence-corrected chi connectivity index (χ2v) is 10.6. The average Bonchev–Trinajstić information content (AvgIpc) is 3.07. The molecule has 0 aliphatic rings. The Morgan fingerprint density at radius 3 is 2.02 bits per heavy atom. The van der Waals surface area contributed by atoms with Gasteiger partial charge in [0.2, 0.25) is 0 Å². The molecule has 3 nitrogen and oxygen atoms in total. The van der Waals surface area contributed by atoms with E-state index in [9.17, 15) is 5.26 Å². The van der Waals surface area contributed by atoms with E-state index in [-0.39, 0.29) is 0 Å². The van der Waals surface area contributed by atoms with Gasteiger partial charge in [-0.15, -0.1) is 0 Å². The number of hydrogen-bond acceptors (Lipinski definition) is 3. The molecule has 0 aliphatic heterocycles. The molecule has 0 radical (unpaired) electrons. The fourth-order valence-electron chi connectivity index (χ4n) is 6.00. The van der Waals surface area contributed by atoms with Gasteiger partial charge >= 0.3 is 0 Å². The van der Waals surface area contributed by atoms with Crippen LogP contribution in [0.3, 0.4) is 0 Å². The van der Waals surface area contributed by atoms with E-state index in [0.29, 0.717) is 5.56 Å². The first-order valence-corrected chi connectivity index (χ1v) is 14.0. The molecule has 0 unspecified atom stereocenters. The van der Waals surface area contributed by atoms with Crippen LogP contribution in [-0.4, -0.2) is 9.97 Å². The zero-order valence-electron chi connectivity index (χ0n) is 22.6. The Morgan fingerprint density at radius 1 is 0.476 bits per heavy atom. The summed E-state index contributed by atoms with van der Waals surface area (Å²) in [7, 11) is 0. The van der Waals surface area contributed by atoms with E-state index in [1.807, 2.05) is 36.5 Å². The normalized spacial score (nSPS) is 11.3. The van der Waals surface area contributed by atoms with Crippen molar-refractivity contribution in [1.29, 1.82) is 5.26 Å². The molecule has 194 valence electrons. The fourth-order valence-corrected chi connectivity index (χ4v) is 6.00. The molecule has 0 atom stereocenters. The lowest BCUT2D eigenvalue weighted by Gasteiger charge is -2.13. The summed E-state index contributed by atoms with van der Waals surface area (Å²) in [5, 5.41) is 16.2. The van der Waals surface area contributed by atoms with Gasteiger partial charge in [0, 0.05) is 22.5 Å². The third kappa shape index (κ3) is 3.98. The lowest BCUT2D eigenvalue weighted by molar-refractivity contribution is 1.37. The van der Waals surface area contributed by atoms with E-state index >= 15 is 0 Å². The SMILES string of the molecule is N#Cc1ccc(-c2cc(-c3ccc4c(-c5ccc6ccc7cccnc7c6n5)cccc4c3)cc3ccccc23)cc1. The predicted octanol–water partition coefficient (Wildman–Crippen LogP) is 9.96. The molecule has 0 fully saturated rings. The van der Waals surface area contributed by atoms with Crippen LogP contribution in [0.15, 0.2) is 140 Å². The molecule has 0 N–H and O–H groups in total. The number of nitrogens with zero attached hydrogens (tertiary/aromatic N) is 3. The summed E-state index contributed by atoms with van der Waals surface area (Å²) in [6, 6.07) is 48.7. The highest BCUT2D eigenvalue weighted by molar-refractivity contribution is 6.05. The van der Waals surface area contributed by atoms with Gasteiger partial charge in [0.15, 0.2) is 0 Å². The van der Waals surface area contributed by atoms with Crippen LogP contribution < -0.4 is 0 Å². The topological polar surface area (TPSA) is 49.6 Å². The van der Waals surface area contributed by atoms with Gasteiger partial charge in [-0.2, -0.15) is 5.26 Å². The Morgan fingerprint density at radius 2 is 1.17 bits per heavy atom. The Kier molecular flexibility index (Phi) is 5.52. The Bertz CT molecular complexity index is 2360. The largest absolute Gasteiger partial charge is 0.254 e. The van der Waals surface area contributed by atoms with Gasteiger partial charge in [-0.05, 0) is 86.3 Å². The molecule has 0 saturated heterocycles. The minimum Gasteiger partial charge on any atom is -0.254 e. The van der Waals surface area contributed by atoms with Crippen molar-refractivity contribution < 1.29 is 0 Å². The summed E-state index contributed by atoms with van der Waals surface area (Å²) in [4.78, 5) is 9.75. The molecular formula is C39H23N3. The van der Waals surface area contributed by atoms with Gasteiger partial charge in [0.1, 0.15) is 0 Å². The number of aromatic nitrogens is 2. The zero-order chi connectivity index (χ0) is 28.0. The molecule has 0 bridgehead atoms. The first kappa shape index (κ1) is 24.0. The molecule has 2 aromatic heterocycles. The first-order valence-electron chi connectivity index (χ1n) is 14.0. The van der Waals surface area contributed by atoms with Gasteiger partial charge in [-0.3, -0.25) is 4.98 Å². The Labute approximate surface area is 243 Å². The van der Waals surface area contributed by atoms with Gasteiger partial charge in [-0.1, -0.05) is 91.0 Å². The molecular weight excluding hydrogens is 510 g/mol. The molecule has 42 heavy (non-hydrogen) atoms. The number of benzene rings is 6. The molecule has 3 heteroatoms. The van der Waals surface area contributed by atoms with Crippen LogP contribution in [0.4, 0.5) is 0 Å². The number of rotatable bonds is 3. The molecule has 0 saturated carbocycles. The van der Waals surface area contributed by atoms with Gasteiger partial charge in [0.05, 0.1) is 28.4 Å². The minimum absolute atomic E-state index is 0.662. The van der Waals surface area contributed by atoms with Crippen LogP contribution in [0, 0.1) is 11.3 Å². The zero-order valence-corrected chi connectivity index (χ0v) is 22.6. The van der Waals surface area contributed by atoms with Crippen LogP contribution in [0.2, 0.25) is 0 Å². The molecule has 6 aromatic carbocycles. The maximum atomic E-state index is 9.27. The highest BCUT2D eigenvalue weighted by atomic mass is 14.8. The van der Waals surface area contributed by atoms with E-state index in [1.165, 1.54) is 10.8 Å². The van der Waals surface area contributed by atoms with Crippen molar-refractivity contribution in [1.82, 2.24) is 9.97 Å². The van der Waals surface area contributed by atoms with Crippen molar-refractivity contribution in [3.05, 3.63) is 145 Å². The van der Waals surface area contributed by atoms with E-state index in [1.54, 1.807) is 0 Å². The Hall–Kier alpha value is -5.85. The van der Waals surface area contributed by atoms with Crippen molar-refractivity contribution in [2.24, 2.45) is 0 Å². The summed E-state index contributed by atoms with van der Waals surface area (Å²) in [5.41, 5.74) is 9.11. The van der Waals surface area contributed by atoms with E-state index in [4.69, 9.17) is 4.98 Å². The number of fused-ring (bicyclic) bond motifs is 5. The van der Waals surface area contributed by atoms with Crippen LogP contribution in [0.1, 0.15) is 5.56 Å². The van der Waals surface area contributed by atoms with Crippen molar-refractivity contribution in [2.45, 2.75) is 0 Å². The van der Waals surface area contributed by atoms with Crippen molar-refractivity contribution in [3.63, 3.8) is 0 Å².